The smallest absolute Gasteiger partial charge is 0.225 e. The highest BCUT2D eigenvalue weighted by Crippen LogP contribution is 2.28. The van der Waals surface area contributed by atoms with E-state index in [0.29, 0.717) is 5.95 Å². The molecule has 0 fully saturated rings. The third kappa shape index (κ3) is 4.58. The first-order valence-electron chi connectivity index (χ1n) is 8.65. The van der Waals surface area contributed by atoms with Crippen LogP contribution in [-0.4, -0.2) is 21.0 Å². The van der Waals surface area contributed by atoms with Crippen molar-refractivity contribution in [2.75, 3.05) is 10.6 Å². The Bertz CT molecular complexity index is 883. The Hall–Kier alpha value is -2.47. The highest BCUT2D eigenvalue weighted by Gasteiger charge is 2.10. The highest BCUT2D eigenvalue weighted by molar-refractivity contribution is 9.10. The van der Waals surface area contributed by atoms with Gasteiger partial charge in [0, 0.05) is 22.8 Å². The first-order chi connectivity index (χ1) is 12.5. The topological polar surface area (TPSA) is 62.7 Å². The van der Waals surface area contributed by atoms with E-state index in [1.807, 2.05) is 30.3 Å². The third-order valence-corrected chi connectivity index (χ3v) is 4.68. The van der Waals surface area contributed by atoms with Crippen molar-refractivity contribution < 1.29 is 0 Å². The lowest BCUT2D eigenvalue weighted by Crippen LogP contribution is -2.16. The minimum absolute atomic E-state index is 0.285. The van der Waals surface area contributed by atoms with Crippen LogP contribution < -0.4 is 10.6 Å². The molecule has 0 saturated carbocycles. The second kappa shape index (κ2) is 8.27. The molecule has 3 rings (SSSR count). The molecule has 2 aromatic heterocycles. The van der Waals surface area contributed by atoms with Crippen molar-refractivity contribution in [2.24, 2.45) is 0 Å². The fourth-order valence-electron chi connectivity index (χ4n) is 2.40. The Morgan fingerprint density at radius 2 is 1.92 bits per heavy atom. The largest absolute Gasteiger partial charge is 0.352 e. The Balaban J connectivity index is 1.98. The Labute approximate surface area is 162 Å². The van der Waals surface area contributed by atoms with Gasteiger partial charge in [-0.25, -0.2) is 4.98 Å². The van der Waals surface area contributed by atoms with Crippen LogP contribution in [0.5, 0.6) is 0 Å². The van der Waals surface area contributed by atoms with E-state index >= 15 is 0 Å². The quantitative estimate of drug-likeness (QED) is 0.555. The third-order valence-electron chi connectivity index (χ3n) is 4.03. The van der Waals surface area contributed by atoms with Crippen LogP contribution in [0.25, 0.3) is 11.4 Å². The van der Waals surface area contributed by atoms with Crippen LogP contribution in [0, 0.1) is 6.92 Å². The van der Waals surface area contributed by atoms with E-state index in [1.165, 1.54) is 5.56 Å². The summed E-state index contributed by atoms with van der Waals surface area (Å²) in [5, 5.41) is 6.73. The van der Waals surface area contributed by atoms with Crippen molar-refractivity contribution in [3.8, 4) is 11.4 Å². The second-order valence-electron chi connectivity index (χ2n) is 6.24. The monoisotopic (exact) mass is 411 g/mol. The summed E-state index contributed by atoms with van der Waals surface area (Å²) in [7, 11) is 0. The average molecular weight is 412 g/mol. The van der Waals surface area contributed by atoms with Gasteiger partial charge >= 0.3 is 0 Å². The number of nitrogens with zero attached hydrogens (tertiary/aromatic N) is 3. The zero-order valence-electron chi connectivity index (χ0n) is 15.1. The van der Waals surface area contributed by atoms with Gasteiger partial charge in [-0.15, -0.1) is 0 Å². The van der Waals surface area contributed by atoms with Gasteiger partial charge in [-0.1, -0.05) is 19.1 Å². The molecule has 2 N–H and O–H groups in total. The summed E-state index contributed by atoms with van der Waals surface area (Å²) in [6.45, 7) is 6.30. The summed E-state index contributed by atoms with van der Waals surface area (Å²) in [4.78, 5) is 13.7. The molecule has 0 saturated heterocycles. The van der Waals surface area contributed by atoms with E-state index in [0.717, 1.165) is 33.8 Å². The predicted molar refractivity (Wildman–Crippen MR) is 111 cm³/mol. The highest BCUT2D eigenvalue weighted by atomic mass is 79.9. The fourth-order valence-corrected chi connectivity index (χ4v) is 3.00. The van der Waals surface area contributed by atoms with Gasteiger partial charge in [0.1, 0.15) is 5.82 Å². The molecule has 3 aromatic rings. The van der Waals surface area contributed by atoms with Crippen molar-refractivity contribution in [2.45, 2.75) is 33.2 Å². The molecule has 5 nitrogen and oxygen atoms in total. The molecule has 0 aliphatic carbocycles. The molecule has 2 heterocycles. The summed E-state index contributed by atoms with van der Waals surface area (Å²) in [5.41, 5.74) is 3.74. The standard InChI is InChI=1S/C20H22BrN5/c1-4-14(3)23-20-25-18(17-7-5-6-10-22-17)12-19(26-20)24-16-9-8-13(2)11-15(16)21/h5-12,14H,4H2,1-3H3,(H2,23,24,25,26)/t14-/m0/s1. The summed E-state index contributed by atoms with van der Waals surface area (Å²) in [5.74, 6) is 1.31. The van der Waals surface area contributed by atoms with Crippen LogP contribution in [-0.2, 0) is 0 Å². The molecule has 6 heteroatoms. The molecule has 1 aromatic carbocycles. The minimum atomic E-state index is 0.285. The zero-order valence-corrected chi connectivity index (χ0v) is 16.7. The number of anilines is 3. The molecule has 1 atom stereocenters. The lowest BCUT2D eigenvalue weighted by molar-refractivity contribution is 0.753. The van der Waals surface area contributed by atoms with Gasteiger partial charge in [0.25, 0.3) is 0 Å². The molecule has 0 unspecified atom stereocenters. The SMILES string of the molecule is CC[C@H](C)Nc1nc(Nc2ccc(C)cc2Br)cc(-c2ccccn2)n1. The number of benzene rings is 1. The van der Waals surface area contributed by atoms with Crippen LogP contribution >= 0.6 is 15.9 Å². The number of aromatic nitrogens is 3. The van der Waals surface area contributed by atoms with Gasteiger partial charge in [-0.2, -0.15) is 4.98 Å². The maximum Gasteiger partial charge on any atom is 0.225 e. The van der Waals surface area contributed by atoms with E-state index < -0.39 is 0 Å². The second-order valence-corrected chi connectivity index (χ2v) is 7.09. The van der Waals surface area contributed by atoms with Gasteiger partial charge in [-0.3, -0.25) is 4.98 Å². The van der Waals surface area contributed by atoms with Crippen molar-refractivity contribution in [1.29, 1.82) is 0 Å². The molecule has 0 aliphatic heterocycles. The summed E-state index contributed by atoms with van der Waals surface area (Å²) in [6.07, 6.45) is 2.76. The van der Waals surface area contributed by atoms with E-state index in [-0.39, 0.29) is 6.04 Å². The van der Waals surface area contributed by atoms with Gasteiger partial charge in [0.05, 0.1) is 17.1 Å². The molecule has 134 valence electrons. The van der Waals surface area contributed by atoms with Gasteiger partial charge in [0.2, 0.25) is 5.95 Å². The molecule has 0 bridgehead atoms. The number of halogens is 1. The Morgan fingerprint density at radius 3 is 2.62 bits per heavy atom. The predicted octanol–water partition coefficient (Wildman–Crippen LogP) is 5.56. The van der Waals surface area contributed by atoms with E-state index in [2.05, 4.69) is 74.4 Å². The number of pyridine rings is 1. The van der Waals surface area contributed by atoms with Crippen LogP contribution in [0.4, 0.5) is 17.5 Å². The van der Waals surface area contributed by atoms with E-state index in [4.69, 9.17) is 0 Å². The Kier molecular flexibility index (Phi) is 5.83. The number of rotatable bonds is 6. The molecule has 0 aliphatic rings. The molecule has 0 spiro atoms. The van der Waals surface area contributed by atoms with Crippen LogP contribution in [0.2, 0.25) is 0 Å². The van der Waals surface area contributed by atoms with Crippen molar-refractivity contribution in [3.63, 3.8) is 0 Å². The Morgan fingerprint density at radius 1 is 1.08 bits per heavy atom. The average Bonchev–Trinajstić information content (AvgIpc) is 2.64. The van der Waals surface area contributed by atoms with Crippen molar-refractivity contribution in [3.05, 3.63) is 58.7 Å². The number of hydrogen-bond acceptors (Lipinski definition) is 5. The first kappa shape index (κ1) is 18.3. The van der Waals surface area contributed by atoms with Crippen LogP contribution in [0.15, 0.2) is 53.1 Å². The van der Waals surface area contributed by atoms with Crippen molar-refractivity contribution in [1.82, 2.24) is 15.0 Å². The fraction of sp³-hybridized carbons (Fsp3) is 0.250. The number of aryl methyl sites for hydroxylation is 1. The summed E-state index contributed by atoms with van der Waals surface area (Å²) >= 11 is 3.60. The minimum Gasteiger partial charge on any atom is -0.352 e. The number of nitrogens with one attached hydrogen (secondary N) is 2. The van der Waals surface area contributed by atoms with E-state index in [1.54, 1.807) is 6.20 Å². The molecule has 0 amide bonds. The number of hydrogen-bond donors (Lipinski definition) is 2. The van der Waals surface area contributed by atoms with Crippen LogP contribution in [0.3, 0.4) is 0 Å². The lowest BCUT2D eigenvalue weighted by Gasteiger charge is -2.15. The van der Waals surface area contributed by atoms with Gasteiger partial charge in [-0.05, 0) is 66.0 Å². The zero-order chi connectivity index (χ0) is 18.5. The molecule has 26 heavy (non-hydrogen) atoms. The van der Waals surface area contributed by atoms with Crippen molar-refractivity contribution >= 4 is 33.4 Å². The molecule has 0 radical (unpaired) electrons. The molecular weight excluding hydrogens is 390 g/mol. The maximum absolute atomic E-state index is 4.63. The lowest BCUT2D eigenvalue weighted by atomic mass is 10.2. The molecular formula is C20H22BrN5. The van der Waals surface area contributed by atoms with E-state index in [9.17, 15) is 0 Å². The van der Waals surface area contributed by atoms with Gasteiger partial charge < -0.3 is 10.6 Å². The van der Waals surface area contributed by atoms with Gasteiger partial charge in [0.15, 0.2) is 0 Å². The summed E-state index contributed by atoms with van der Waals surface area (Å²) in [6, 6.07) is 14.2. The maximum atomic E-state index is 4.63. The summed E-state index contributed by atoms with van der Waals surface area (Å²) < 4.78 is 0.993. The van der Waals surface area contributed by atoms with Crippen LogP contribution in [0.1, 0.15) is 25.8 Å². The normalized spacial score (nSPS) is 11.8. The first-order valence-corrected chi connectivity index (χ1v) is 9.44.